The number of hydrogen-bond donors (Lipinski definition) is 1. The lowest BCUT2D eigenvalue weighted by Crippen LogP contribution is -2.01. The van der Waals surface area contributed by atoms with Crippen LogP contribution in [0.25, 0.3) is 22.4 Å². The predicted octanol–water partition coefficient (Wildman–Crippen LogP) is 4.78. The summed E-state index contributed by atoms with van der Waals surface area (Å²) in [6, 6.07) is 15.4. The fraction of sp³-hybridized carbons (Fsp3) is 0.0526. The van der Waals surface area contributed by atoms with Gasteiger partial charge in [0, 0.05) is 21.2 Å². The van der Waals surface area contributed by atoms with E-state index in [1.54, 1.807) is 37.4 Å². The number of benzene rings is 2. The van der Waals surface area contributed by atoms with Crippen molar-refractivity contribution in [1.82, 2.24) is 4.98 Å². The van der Waals surface area contributed by atoms with Crippen LogP contribution in [-0.4, -0.2) is 12.1 Å². The Labute approximate surface area is 152 Å². The Balaban J connectivity index is 2.32. The Hall–Kier alpha value is -2.91. The molecule has 0 aliphatic rings. The molecule has 0 atom stereocenters. The van der Waals surface area contributed by atoms with E-state index in [1.165, 1.54) is 6.07 Å². The molecule has 1 aromatic heterocycles. The Morgan fingerprint density at radius 2 is 1.88 bits per heavy atom. The number of nitrogen functional groups attached to an aromatic ring is 1. The molecule has 0 radical (unpaired) electrons. The number of methoxy groups -OCH3 is 1. The van der Waals surface area contributed by atoms with Gasteiger partial charge in [0.2, 0.25) is 0 Å². The zero-order chi connectivity index (χ0) is 18.0. The molecule has 0 unspecified atom stereocenters. The average molecular weight is 398 g/mol. The number of nitriles is 1. The summed E-state index contributed by atoms with van der Waals surface area (Å²) in [7, 11) is 1.54. The van der Waals surface area contributed by atoms with E-state index >= 15 is 0 Å². The van der Waals surface area contributed by atoms with E-state index in [1.807, 2.05) is 12.1 Å². The maximum absolute atomic E-state index is 14.2. The van der Waals surface area contributed by atoms with Crippen LogP contribution in [-0.2, 0) is 0 Å². The maximum atomic E-state index is 14.2. The smallest absolute Gasteiger partial charge is 0.142 e. The summed E-state index contributed by atoms with van der Waals surface area (Å²) < 4.78 is 20.4. The van der Waals surface area contributed by atoms with Crippen molar-refractivity contribution in [3.05, 3.63) is 64.4 Å². The predicted molar refractivity (Wildman–Crippen MR) is 98.4 cm³/mol. The standard InChI is InChI=1S/C19H13BrFN3O/c1-25-18-7-6-11(20)8-14(18)13-9-17(24-19(23)15(13)10-22)12-4-2-3-5-16(12)21/h2-9H,1H3,(H2,23,24). The van der Waals surface area contributed by atoms with Crippen LogP contribution in [0.5, 0.6) is 5.75 Å². The molecule has 3 rings (SSSR count). The molecule has 0 bridgehead atoms. The second kappa shape index (κ2) is 6.91. The Morgan fingerprint density at radius 3 is 2.56 bits per heavy atom. The summed E-state index contributed by atoms with van der Waals surface area (Å²) in [6.07, 6.45) is 0. The number of pyridine rings is 1. The third kappa shape index (κ3) is 3.19. The molecule has 0 aliphatic heterocycles. The van der Waals surface area contributed by atoms with Crippen LogP contribution < -0.4 is 10.5 Å². The summed E-state index contributed by atoms with van der Waals surface area (Å²) in [5, 5.41) is 9.51. The third-order valence-electron chi connectivity index (χ3n) is 3.76. The highest BCUT2D eigenvalue weighted by atomic mass is 79.9. The second-order valence-corrected chi connectivity index (χ2v) is 6.17. The maximum Gasteiger partial charge on any atom is 0.142 e. The fourth-order valence-corrected chi connectivity index (χ4v) is 2.95. The van der Waals surface area contributed by atoms with Crippen LogP contribution in [0, 0.1) is 17.1 Å². The van der Waals surface area contributed by atoms with Gasteiger partial charge in [0.05, 0.1) is 12.8 Å². The number of halogens is 2. The molecule has 0 amide bonds. The third-order valence-corrected chi connectivity index (χ3v) is 4.25. The van der Waals surface area contributed by atoms with Gasteiger partial charge in [-0.05, 0) is 36.4 Å². The lowest BCUT2D eigenvalue weighted by molar-refractivity contribution is 0.416. The molecule has 0 aliphatic carbocycles. The number of aromatic nitrogens is 1. The van der Waals surface area contributed by atoms with Gasteiger partial charge in [0.15, 0.2) is 0 Å². The molecule has 2 aromatic carbocycles. The van der Waals surface area contributed by atoms with Crippen LogP contribution in [0.3, 0.4) is 0 Å². The van der Waals surface area contributed by atoms with E-state index < -0.39 is 5.82 Å². The number of anilines is 1. The molecule has 25 heavy (non-hydrogen) atoms. The summed E-state index contributed by atoms with van der Waals surface area (Å²) >= 11 is 3.42. The minimum absolute atomic E-state index is 0.0419. The van der Waals surface area contributed by atoms with Gasteiger partial charge in [-0.1, -0.05) is 28.1 Å². The fourth-order valence-electron chi connectivity index (χ4n) is 2.59. The Kier molecular flexibility index (Phi) is 4.68. The highest BCUT2D eigenvalue weighted by Gasteiger charge is 2.18. The van der Waals surface area contributed by atoms with Crippen LogP contribution >= 0.6 is 15.9 Å². The van der Waals surface area contributed by atoms with Crippen molar-refractivity contribution in [2.45, 2.75) is 0 Å². The van der Waals surface area contributed by atoms with Gasteiger partial charge >= 0.3 is 0 Å². The van der Waals surface area contributed by atoms with Gasteiger partial charge in [0.1, 0.15) is 29.0 Å². The van der Waals surface area contributed by atoms with Gasteiger partial charge < -0.3 is 10.5 Å². The largest absolute Gasteiger partial charge is 0.496 e. The Bertz CT molecular complexity index is 998. The van der Waals surface area contributed by atoms with Crippen LogP contribution in [0.1, 0.15) is 5.56 Å². The van der Waals surface area contributed by atoms with Gasteiger partial charge in [-0.3, -0.25) is 0 Å². The molecule has 0 saturated heterocycles. The van der Waals surface area contributed by atoms with E-state index in [4.69, 9.17) is 10.5 Å². The van der Waals surface area contributed by atoms with Gasteiger partial charge in [-0.2, -0.15) is 5.26 Å². The number of ether oxygens (including phenoxy) is 1. The zero-order valence-electron chi connectivity index (χ0n) is 13.3. The van der Waals surface area contributed by atoms with Crippen LogP contribution in [0.2, 0.25) is 0 Å². The molecule has 0 fully saturated rings. The Morgan fingerprint density at radius 1 is 1.12 bits per heavy atom. The first-order valence-corrected chi connectivity index (χ1v) is 8.14. The quantitative estimate of drug-likeness (QED) is 0.689. The number of rotatable bonds is 3. The monoisotopic (exact) mass is 397 g/mol. The minimum Gasteiger partial charge on any atom is -0.496 e. The van der Waals surface area contributed by atoms with Gasteiger partial charge in [0.25, 0.3) is 0 Å². The summed E-state index contributed by atoms with van der Waals surface area (Å²) in [6.45, 7) is 0. The van der Waals surface area contributed by atoms with Crippen molar-refractivity contribution >= 4 is 21.7 Å². The van der Waals surface area contributed by atoms with E-state index in [2.05, 4.69) is 27.0 Å². The zero-order valence-corrected chi connectivity index (χ0v) is 14.8. The molecule has 6 heteroatoms. The minimum atomic E-state index is -0.411. The molecular formula is C19H13BrFN3O. The van der Waals surface area contributed by atoms with Gasteiger partial charge in [-0.15, -0.1) is 0 Å². The number of nitrogens with zero attached hydrogens (tertiary/aromatic N) is 2. The van der Waals surface area contributed by atoms with Gasteiger partial charge in [-0.25, -0.2) is 9.37 Å². The molecular weight excluding hydrogens is 385 g/mol. The topological polar surface area (TPSA) is 71.9 Å². The van der Waals surface area contributed by atoms with Crippen molar-refractivity contribution in [2.75, 3.05) is 12.8 Å². The lowest BCUT2D eigenvalue weighted by Gasteiger charge is -2.14. The molecule has 2 N–H and O–H groups in total. The first-order chi connectivity index (χ1) is 12.0. The second-order valence-electron chi connectivity index (χ2n) is 5.25. The van der Waals surface area contributed by atoms with Crippen molar-refractivity contribution in [2.24, 2.45) is 0 Å². The molecule has 4 nitrogen and oxygen atoms in total. The lowest BCUT2D eigenvalue weighted by atomic mass is 9.97. The molecule has 0 spiro atoms. The normalized spacial score (nSPS) is 10.3. The van der Waals surface area contributed by atoms with Crippen molar-refractivity contribution in [3.8, 4) is 34.2 Å². The molecule has 0 saturated carbocycles. The first kappa shape index (κ1) is 16.9. The van der Waals surface area contributed by atoms with E-state index in [-0.39, 0.29) is 11.4 Å². The van der Waals surface area contributed by atoms with E-state index in [0.717, 1.165) is 4.47 Å². The number of nitrogens with two attached hydrogens (primary N) is 1. The highest BCUT2D eigenvalue weighted by molar-refractivity contribution is 9.10. The van der Waals surface area contributed by atoms with Crippen LogP contribution in [0.15, 0.2) is 53.0 Å². The van der Waals surface area contributed by atoms with Crippen LogP contribution in [0.4, 0.5) is 10.2 Å². The first-order valence-electron chi connectivity index (χ1n) is 7.34. The van der Waals surface area contributed by atoms with E-state index in [0.29, 0.717) is 28.1 Å². The van der Waals surface area contributed by atoms with Crippen molar-refractivity contribution < 1.29 is 9.13 Å². The number of hydrogen-bond acceptors (Lipinski definition) is 4. The van der Waals surface area contributed by atoms with Crippen molar-refractivity contribution in [1.29, 1.82) is 5.26 Å². The SMILES string of the molecule is COc1ccc(Br)cc1-c1cc(-c2ccccc2F)nc(N)c1C#N. The summed E-state index contributed by atoms with van der Waals surface area (Å²) in [4.78, 5) is 4.20. The molecule has 124 valence electrons. The average Bonchev–Trinajstić information content (AvgIpc) is 2.61. The highest BCUT2D eigenvalue weighted by Crippen LogP contribution is 2.38. The molecule has 3 aromatic rings. The van der Waals surface area contributed by atoms with Crippen molar-refractivity contribution in [3.63, 3.8) is 0 Å². The van der Waals surface area contributed by atoms with E-state index in [9.17, 15) is 9.65 Å². The molecule has 1 heterocycles. The summed E-state index contributed by atoms with van der Waals surface area (Å²) in [5.74, 6) is 0.205. The summed E-state index contributed by atoms with van der Waals surface area (Å²) in [5.41, 5.74) is 8.07.